The van der Waals surface area contributed by atoms with Gasteiger partial charge in [-0.05, 0) is 61.6 Å². The molecule has 138 valence electrons. The smallest absolute Gasteiger partial charge is 0.271 e. The standard InChI is InChI=1S/C20H27N5O/c1-3-12-21-20(26)18-8-9-19(24-23-18)22-16-4-6-17(7-5-16)25-13-10-15(2)11-14-25/h4-9,15H,3,10-14H2,1-2H3,(H,21,26)(H,22,24). The molecule has 0 aliphatic carbocycles. The maximum atomic E-state index is 11.8. The molecule has 1 aromatic heterocycles. The molecule has 1 fully saturated rings. The molecule has 2 N–H and O–H groups in total. The summed E-state index contributed by atoms with van der Waals surface area (Å²) in [6.45, 7) is 7.23. The number of nitrogens with zero attached hydrogens (tertiary/aromatic N) is 3. The molecule has 1 saturated heterocycles. The molecule has 2 heterocycles. The third-order valence-corrected chi connectivity index (χ3v) is 4.72. The summed E-state index contributed by atoms with van der Waals surface area (Å²) in [5.74, 6) is 1.26. The third-order valence-electron chi connectivity index (χ3n) is 4.72. The van der Waals surface area contributed by atoms with Crippen molar-refractivity contribution in [1.29, 1.82) is 0 Å². The number of aromatic nitrogens is 2. The first-order valence-electron chi connectivity index (χ1n) is 9.39. The molecule has 26 heavy (non-hydrogen) atoms. The minimum atomic E-state index is -0.189. The van der Waals surface area contributed by atoms with Crippen molar-refractivity contribution in [2.24, 2.45) is 5.92 Å². The Kier molecular flexibility index (Phi) is 6.04. The quantitative estimate of drug-likeness (QED) is 0.830. The van der Waals surface area contributed by atoms with Gasteiger partial charge in [-0.25, -0.2) is 0 Å². The van der Waals surface area contributed by atoms with Gasteiger partial charge < -0.3 is 15.5 Å². The summed E-state index contributed by atoms with van der Waals surface area (Å²) in [7, 11) is 0. The lowest BCUT2D eigenvalue weighted by Crippen LogP contribution is -2.32. The molecule has 1 amide bonds. The highest BCUT2D eigenvalue weighted by atomic mass is 16.1. The van der Waals surface area contributed by atoms with Crippen LogP contribution in [0.15, 0.2) is 36.4 Å². The Hall–Kier alpha value is -2.63. The normalized spacial score (nSPS) is 14.9. The summed E-state index contributed by atoms with van der Waals surface area (Å²) in [5, 5.41) is 14.1. The van der Waals surface area contributed by atoms with Crippen molar-refractivity contribution in [1.82, 2.24) is 15.5 Å². The van der Waals surface area contributed by atoms with Crippen LogP contribution in [0.25, 0.3) is 0 Å². The maximum Gasteiger partial charge on any atom is 0.271 e. The Morgan fingerprint density at radius 3 is 2.46 bits per heavy atom. The first-order valence-corrected chi connectivity index (χ1v) is 9.39. The molecule has 6 nitrogen and oxygen atoms in total. The summed E-state index contributed by atoms with van der Waals surface area (Å²) in [5.41, 5.74) is 2.55. The number of hydrogen-bond donors (Lipinski definition) is 2. The minimum absolute atomic E-state index is 0.189. The van der Waals surface area contributed by atoms with E-state index in [4.69, 9.17) is 0 Å². The van der Waals surface area contributed by atoms with E-state index in [1.165, 1.54) is 18.5 Å². The van der Waals surface area contributed by atoms with E-state index < -0.39 is 0 Å². The molecule has 6 heteroatoms. The number of nitrogens with one attached hydrogen (secondary N) is 2. The van der Waals surface area contributed by atoms with Crippen LogP contribution in [0, 0.1) is 5.92 Å². The Morgan fingerprint density at radius 2 is 1.85 bits per heavy atom. The summed E-state index contributed by atoms with van der Waals surface area (Å²) in [4.78, 5) is 14.3. The molecule has 1 aromatic carbocycles. The van der Waals surface area contributed by atoms with E-state index in [1.54, 1.807) is 12.1 Å². The summed E-state index contributed by atoms with van der Waals surface area (Å²) in [6, 6.07) is 11.8. The average molecular weight is 353 g/mol. The van der Waals surface area contributed by atoms with Gasteiger partial charge in [-0.3, -0.25) is 4.79 Å². The zero-order valence-electron chi connectivity index (χ0n) is 15.5. The van der Waals surface area contributed by atoms with E-state index in [0.29, 0.717) is 18.1 Å². The fraction of sp³-hybridized carbons (Fsp3) is 0.450. The van der Waals surface area contributed by atoms with Crippen LogP contribution in [0.1, 0.15) is 43.6 Å². The number of benzene rings is 1. The highest BCUT2D eigenvalue weighted by molar-refractivity contribution is 5.92. The van der Waals surface area contributed by atoms with E-state index >= 15 is 0 Å². The summed E-state index contributed by atoms with van der Waals surface area (Å²) < 4.78 is 0. The van der Waals surface area contributed by atoms with E-state index in [-0.39, 0.29) is 5.91 Å². The van der Waals surface area contributed by atoms with Gasteiger partial charge in [0.05, 0.1) is 0 Å². The monoisotopic (exact) mass is 353 g/mol. The summed E-state index contributed by atoms with van der Waals surface area (Å²) in [6.07, 6.45) is 3.41. The molecule has 0 unspecified atom stereocenters. The SMILES string of the molecule is CCCNC(=O)c1ccc(Nc2ccc(N3CCC(C)CC3)cc2)nn1. The molecular formula is C20H27N5O. The van der Waals surface area contributed by atoms with Crippen molar-refractivity contribution in [3.05, 3.63) is 42.1 Å². The zero-order valence-corrected chi connectivity index (χ0v) is 15.5. The molecule has 0 saturated carbocycles. The molecular weight excluding hydrogens is 326 g/mol. The number of carbonyl (C=O) groups is 1. The number of anilines is 3. The van der Waals surface area contributed by atoms with E-state index in [1.807, 2.05) is 6.92 Å². The summed E-state index contributed by atoms with van der Waals surface area (Å²) >= 11 is 0. The van der Waals surface area contributed by atoms with Gasteiger partial charge in [0.2, 0.25) is 0 Å². The van der Waals surface area contributed by atoms with Gasteiger partial charge in [0.15, 0.2) is 11.5 Å². The van der Waals surface area contributed by atoms with Crippen LogP contribution in [-0.4, -0.2) is 35.7 Å². The van der Waals surface area contributed by atoms with Crippen molar-refractivity contribution in [2.75, 3.05) is 29.9 Å². The number of amides is 1. The first kappa shape index (κ1) is 18.2. The lowest BCUT2D eigenvalue weighted by molar-refractivity contribution is 0.0947. The van der Waals surface area contributed by atoms with Crippen LogP contribution in [0.3, 0.4) is 0 Å². The van der Waals surface area contributed by atoms with E-state index in [9.17, 15) is 4.79 Å². The van der Waals surface area contributed by atoms with Gasteiger partial charge in [-0.15, -0.1) is 10.2 Å². The molecule has 0 bridgehead atoms. The molecule has 3 rings (SSSR count). The largest absolute Gasteiger partial charge is 0.372 e. The van der Waals surface area contributed by atoms with E-state index in [0.717, 1.165) is 31.1 Å². The second-order valence-corrected chi connectivity index (χ2v) is 6.90. The predicted octanol–water partition coefficient (Wildman–Crippen LogP) is 3.60. The topological polar surface area (TPSA) is 70.2 Å². The molecule has 1 aliphatic heterocycles. The Morgan fingerprint density at radius 1 is 1.12 bits per heavy atom. The van der Waals surface area contributed by atoms with Crippen LogP contribution in [-0.2, 0) is 0 Å². The molecule has 0 atom stereocenters. The number of piperidine rings is 1. The average Bonchev–Trinajstić information content (AvgIpc) is 2.68. The van der Waals surface area contributed by atoms with Crippen molar-refractivity contribution in [3.63, 3.8) is 0 Å². The van der Waals surface area contributed by atoms with Crippen LogP contribution >= 0.6 is 0 Å². The van der Waals surface area contributed by atoms with E-state index in [2.05, 4.69) is 56.9 Å². The van der Waals surface area contributed by atoms with Crippen LogP contribution in [0.4, 0.5) is 17.2 Å². The Labute approximate surface area is 155 Å². The van der Waals surface area contributed by atoms with Crippen molar-refractivity contribution >= 4 is 23.1 Å². The molecule has 1 aliphatic rings. The van der Waals surface area contributed by atoms with Crippen molar-refractivity contribution in [3.8, 4) is 0 Å². The molecule has 2 aromatic rings. The number of carbonyl (C=O) groups excluding carboxylic acids is 1. The van der Waals surface area contributed by atoms with Gasteiger partial charge >= 0.3 is 0 Å². The fourth-order valence-electron chi connectivity index (χ4n) is 3.02. The van der Waals surface area contributed by atoms with Gasteiger partial charge in [-0.2, -0.15) is 0 Å². The number of rotatable bonds is 6. The van der Waals surface area contributed by atoms with Crippen LogP contribution < -0.4 is 15.5 Å². The lowest BCUT2D eigenvalue weighted by Gasteiger charge is -2.32. The molecule has 0 radical (unpaired) electrons. The maximum absolute atomic E-state index is 11.8. The fourth-order valence-corrected chi connectivity index (χ4v) is 3.02. The predicted molar refractivity (Wildman–Crippen MR) is 105 cm³/mol. The minimum Gasteiger partial charge on any atom is -0.372 e. The number of hydrogen-bond acceptors (Lipinski definition) is 5. The first-order chi connectivity index (χ1) is 12.7. The third kappa shape index (κ3) is 4.71. The second kappa shape index (κ2) is 8.65. The second-order valence-electron chi connectivity index (χ2n) is 6.90. The zero-order chi connectivity index (χ0) is 18.4. The van der Waals surface area contributed by atoms with Gasteiger partial charge in [-0.1, -0.05) is 13.8 Å². The van der Waals surface area contributed by atoms with Crippen molar-refractivity contribution < 1.29 is 4.79 Å². The Balaban J connectivity index is 1.58. The van der Waals surface area contributed by atoms with Gasteiger partial charge in [0, 0.05) is 31.0 Å². The van der Waals surface area contributed by atoms with Crippen LogP contribution in [0.5, 0.6) is 0 Å². The Bertz CT molecular complexity index is 706. The highest BCUT2D eigenvalue weighted by Crippen LogP contribution is 2.25. The van der Waals surface area contributed by atoms with Crippen molar-refractivity contribution in [2.45, 2.75) is 33.1 Å². The lowest BCUT2D eigenvalue weighted by atomic mass is 9.99. The van der Waals surface area contributed by atoms with Gasteiger partial charge in [0.1, 0.15) is 0 Å². The van der Waals surface area contributed by atoms with Gasteiger partial charge in [0.25, 0.3) is 5.91 Å². The highest BCUT2D eigenvalue weighted by Gasteiger charge is 2.15. The van der Waals surface area contributed by atoms with Crippen LogP contribution in [0.2, 0.25) is 0 Å². The molecule has 0 spiro atoms.